The van der Waals surface area contributed by atoms with Gasteiger partial charge in [-0.05, 0) is 19.8 Å². The molecule has 5 nitrogen and oxygen atoms in total. The minimum absolute atomic E-state index is 0.0940. The van der Waals surface area contributed by atoms with Gasteiger partial charge in [0.15, 0.2) is 0 Å². The first kappa shape index (κ1) is 21.0. The summed E-state index contributed by atoms with van der Waals surface area (Å²) in [6.07, 6.45) is -2.80. The number of amides is 1. The van der Waals surface area contributed by atoms with Crippen molar-refractivity contribution in [2.75, 3.05) is 13.6 Å². The topological polar surface area (TPSA) is 77.0 Å². The summed E-state index contributed by atoms with van der Waals surface area (Å²) in [7, 11) is 1.72. The van der Waals surface area contributed by atoms with Gasteiger partial charge in [0.25, 0.3) is 0 Å². The van der Waals surface area contributed by atoms with Crippen LogP contribution >= 0.6 is 0 Å². The van der Waals surface area contributed by atoms with E-state index in [4.69, 9.17) is 5.41 Å². The van der Waals surface area contributed by atoms with E-state index in [1.54, 1.807) is 14.0 Å². The summed E-state index contributed by atoms with van der Waals surface area (Å²) in [6.45, 7) is 5.68. The van der Waals surface area contributed by atoms with E-state index in [9.17, 15) is 18.0 Å². The van der Waals surface area contributed by atoms with Crippen molar-refractivity contribution in [3.05, 3.63) is 23.5 Å². The predicted octanol–water partition coefficient (Wildman–Crippen LogP) is 2.47. The summed E-state index contributed by atoms with van der Waals surface area (Å²) < 4.78 is 36.0. The van der Waals surface area contributed by atoms with E-state index in [2.05, 4.69) is 16.0 Å². The molecule has 1 unspecified atom stereocenters. The third-order valence-corrected chi connectivity index (χ3v) is 3.15. The minimum Gasteiger partial charge on any atom is -0.375 e. The van der Waals surface area contributed by atoms with Crippen LogP contribution in [0, 0.1) is 5.41 Å². The number of halogens is 3. The largest absolute Gasteiger partial charge is 0.409 e. The van der Waals surface area contributed by atoms with Crippen molar-refractivity contribution in [2.45, 2.75) is 45.8 Å². The summed E-state index contributed by atoms with van der Waals surface area (Å²) in [4.78, 5) is 11.4. The van der Waals surface area contributed by atoms with Crippen LogP contribution in [0.4, 0.5) is 13.2 Å². The Morgan fingerprint density at radius 1 is 1.30 bits per heavy atom. The van der Waals surface area contributed by atoms with Crippen LogP contribution < -0.4 is 16.0 Å². The normalized spacial score (nSPS) is 14.2. The molecular weight excluding hydrogens is 309 g/mol. The minimum atomic E-state index is -4.50. The predicted molar refractivity (Wildman–Crippen MR) is 85.2 cm³/mol. The van der Waals surface area contributed by atoms with Crippen LogP contribution in [-0.2, 0) is 4.79 Å². The van der Waals surface area contributed by atoms with Crippen LogP contribution in [0.15, 0.2) is 23.5 Å². The maximum absolute atomic E-state index is 12.0. The second-order valence-corrected chi connectivity index (χ2v) is 4.95. The quantitative estimate of drug-likeness (QED) is 0.386. The van der Waals surface area contributed by atoms with Crippen molar-refractivity contribution >= 4 is 11.6 Å². The highest BCUT2D eigenvalue weighted by Crippen LogP contribution is 2.15. The summed E-state index contributed by atoms with van der Waals surface area (Å²) in [5.41, 5.74) is 1.24. The molecule has 0 aliphatic rings. The van der Waals surface area contributed by atoms with Crippen LogP contribution in [0.1, 0.15) is 33.6 Å². The first-order valence-electron chi connectivity index (χ1n) is 7.41. The molecule has 0 rings (SSSR count). The van der Waals surface area contributed by atoms with Crippen LogP contribution in [0.5, 0.6) is 0 Å². The standard InChI is InChI=1S/C15H25F3N4O/c1-5-11(9-21-13(23)7-8-15(16,17)18)22-14(20-4)12(6-2)10(3)19/h7-8,11,19-20,22H,5-6,9H2,1-4H3,(H,21,23)/b8-7+,14-12+,19-10?. The molecule has 0 saturated carbocycles. The van der Waals surface area contributed by atoms with Gasteiger partial charge in [-0.2, -0.15) is 13.2 Å². The lowest BCUT2D eigenvalue weighted by Gasteiger charge is -2.23. The fourth-order valence-corrected chi connectivity index (χ4v) is 1.89. The van der Waals surface area contributed by atoms with Gasteiger partial charge in [0.2, 0.25) is 5.91 Å². The molecule has 1 atom stereocenters. The summed E-state index contributed by atoms with van der Waals surface area (Å²) in [5, 5.41) is 16.3. The lowest BCUT2D eigenvalue weighted by Crippen LogP contribution is -2.42. The molecule has 8 heteroatoms. The highest BCUT2D eigenvalue weighted by Gasteiger charge is 2.22. The van der Waals surface area contributed by atoms with Crippen LogP contribution in [0.3, 0.4) is 0 Å². The molecule has 0 saturated heterocycles. The van der Waals surface area contributed by atoms with Crippen LogP contribution in [-0.4, -0.2) is 37.4 Å². The molecule has 23 heavy (non-hydrogen) atoms. The lowest BCUT2D eigenvalue weighted by molar-refractivity contribution is -0.117. The molecule has 0 aromatic heterocycles. The van der Waals surface area contributed by atoms with Gasteiger partial charge in [-0.1, -0.05) is 13.8 Å². The Morgan fingerprint density at radius 3 is 2.30 bits per heavy atom. The number of hydrogen-bond acceptors (Lipinski definition) is 4. The van der Waals surface area contributed by atoms with E-state index in [1.165, 1.54) is 0 Å². The molecule has 0 radical (unpaired) electrons. The SMILES string of the molecule is CC/C(C(C)=N)=C(/NC)NC(CC)CNC(=O)/C=C/C(F)(F)F. The van der Waals surface area contributed by atoms with E-state index in [1.807, 2.05) is 13.8 Å². The number of nitrogens with one attached hydrogen (secondary N) is 4. The Hall–Kier alpha value is -1.99. The van der Waals surface area contributed by atoms with E-state index in [0.29, 0.717) is 30.5 Å². The zero-order valence-corrected chi connectivity index (χ0v) is 13.9. The third-order valence-electron chi connectivity index (χ3n) is 3.15. The fourth-order valence-electron chi connectivity index (χ4n) is 1.89. The van der Waals surface area contributed by atoms with Crippen molar-refractivity contribution in [1.82, 2.24) is 16.0 Å². The average Bonchev–Trinajstić information content (AvgIpc) is 2.47. The number of rotatable bonds is 9. The first-order valence-corrected chi connectivity index (χ1v) is 7.41. The van der Waals surface area contributed by atoms with Gasteiger partial charge < -0.3 is 21.4 Å². The van der Waals surface area contributed by atoms with Gasteiger partial charge in [-0.15, -0.1) is 0 Å². The third kappa shape index (κ3) is 8.90. The molecule has 1 amide bonds. The monoisotopic (exact) mass is 334 g/mol. The van der Waals surface area contributed by atoms with Crippen molar-refractivity contribution in [2.24, 2.45) is 0 Å². The molecule has 0 aromatic carbocycles. The van der Waals surface area contributed by atoms with Crippen molar-refractivity contribution in [3.8, 4) is 0 Å². The van der Waals surface area contributed by atoms with Crippen LogP contribution in [0.25, 0.3) is 0 Å². The number of alkyl halides is 3. The second kappa shape index (κ2) is 9.91. The zero-order valence-electron chi connectivity index (χ0n) is 13.9. The van der Waals surface area contributed by atoms with Crippen molar-refractivity contribution in [3.63, 3.8) is 0 Å². The van der Waals surface area contributed by atoms with Gasteiger partial charge in [-0.25, -0.2) is 0 Å². The van der Waals surface area contributed by atoms with Crippen molar-refractivity contribution < 1.29 is 18.0 Å². The molecule has 4 N–H and O–H groups in total. The molecular formula is C15H25F3N4O. The fraction of sp³-hybridized carbons (Fsp3) is 0.600. The van der Waals surface area contributed by atoms with Gasteiger partial charge in [0.05, 0.1) is 0 Å². The molecule has 0 aliphatic carbocycles. The summed E-state index contributed by atoms with van der Waals surface area (Å²) in [6, 6.07) is -0.165. The molecule has 0 aromatic rings. The summed E-state index contributed by atoms with van der Waals surface area (Å²) >= 11 is 0. The van der Waals surface area contributed by atoms with E-state index < -0.39 is 12.1 Å². The molecule has 0 fully saturated rings. The number of allylic oxidation sites excluding steroid dienone is 2. The highest BCUT2D eigenvalue weighted by atomic mass is 19.4. The molecule has 132 valence electrons. The van der Waals surface area contributed by atoms with Gasteiger partial charge in [-0.3, -0.25) is 4.79 Å². The van der Waals surface area contributed by atoms with Gasteiger partial charge in [0.1, 0.15) is 5.82 Å². The molecule has 0 bridgehead atoms. The molecule has 0 aliphatic heterocycles. The first-order chi connectivity index (χ1) is 10.6. The second-order valence-electron chi connectivity index (χ2n) is 4.95. The number of carbonyl (C=O) groups excluding carboxylic acids is 1. The Kier molecular flexibility index (Phi) is 9.05. The highest BCUT2D eigenvalue weighted by molar-refractivity contribution is 5.96. The van der Waals surface area contributed by atoms with E-state index in [0.717, 1.165) is 5.57 Å². The Morgan fingerprint density at radius 2 is 1.91 bits per heavy atom. The Labute approximate surface area is 134 Å². The molecule has 0 spiro atoms. The summed E-state index contributed by atoms with van der Waals surface area (Å²) in [5.74, 6) is -0.108. The smallest absolute Gasteiger partial charge is 0.375 e. The maximum Gasteiger partial charge on any atom is 0.409 e. The van der Waals surface area contributed by atoms with Gasteiger partial charge in [0, 0.05) is 43.1 Å². The average molecular weight is 334 g/mol. The van der Waals surface area contributed by atoms with E-state index in [-0.39, 0.29) is 18.7 Å². The zero-order chi connectivity index (χ0) is 18.0. The Balaban J connectivity index is 4.76. The van der Waals surface area contributed by atoms with Crippen molar-refractivity contribution in [1.29, 1.82) is 5.41 Å². The van der Waals surface area contributed by atoms with Gasteiger partial charge >= 0.3 is 6.18 Å². The molecule has 0 heterocycles. The number of hydrogen-bond donors (Lipinski definition) is 4. The van der Waals surface area contributed by atoms with E-state index >= 15 is 0 Å². The Bertz CT molecular complexity index is 470. The number of carbonyl (C=O) groups is 1. The van der Waals surface area contributed by atoms with Crippen LogP contribution in [0.2, 0.25) is 0 Å². The maximum atomic E-state index is 12.0. The lowest BCUT2D eigenvalue weighted by atomic mass is 10.1.